The van der Waals surface area contributed by atoms with Crippen LogP contribution in [0.4, 0.5) is 5.69 Å². The molecule has 1 aromatic carbocycles. The number of rotatable bonds is 5. The fourth-order valence-corrected chi connectivity index (χ4v) is 3.91. The minimum atomic E-state index is -3.52. The number of nitrogens with one attached hydrogen (secondary N) is 1. The molecule has 128 valence electrons. The lowest BCUT2D eigenvalue weighted by molar-refractivity contribution is -0.128. The smallest absolute Gasteiger partial charge is 0.301 e. The van der Waals surface area contributed by atoms with E-state index >= 15 is 0 Å². The summed E-state index contributed by atoms with van der Waals surface area (Å²) in [7, 11) is -1.80. The standard InChI is InChI=1S/C16H25N3O3S/c1-14(20)18(2)13-15-8-7-9-16(12-15)17-23(21,22)19-10-5-3-4-6-11-19/h7-9,12,17H,3-6,10-11,13H2,1-2H3. The van der Waals surface area contributed by atoms with Gasteiger partial charge in [-0.3, -0.25) is 9.52 Å². The van der Waals surface area contributed by atoms with Crippen LogP contribution in [-0.2, 0) is 21.5 Å². The summed E-state index contributed by atoms with van der Waals surface area (Å²) >= 11 is 0. The summed E-state index contributed by atoms with van der Waals surface area (Å²) in [5.74, 6) is -0.0273. The van der Waals surface area contributed by atoms with E-state index in [9.17, 15) is 13.2 Å². The molecule has 0 aliphatic carbocycles. The normalized spacial score (nSPS) is 16.6. The van der Waals surface area contributed by atoms with Crippen molar-refractivity contribution in [1.82, 2.24) is 9.21 Å². The number of nitrogens with zero attached hydrogens (tertiary/aromatic N) is 2. The van der Waals surface area contributed by atoms with Gasteiger partial charge in [0.05, 0.1) is 5.69 Å². The van der Waals surface area contributed by atoms with Crippen molar-refractivity contribution in [3.63, 3.8) is 0 Å². The van der Waals surface area contributed by atoms with Crippen molar-refractivity contribution in [3.8, 4) is 0 Å². The molecule has 1 heterocycles. The molecular weight excluding hydrogens is 314 g/mol. The van der Waals surface area contributed by atoms with E-state index in [2.05, 4.69) is 4.72 Å². The molecule has 0 saturated carbocycles. The Bertz CT molecular complexity index is 638. The van der Waals surface area contributed by atoms with Gasteiger partial charge in [0.2, 0.25) is 5.91 Å². The highest BCUT2D eigenvalue weighted by Crippen LogP contribution is 2.18. The highest BCUT2D eigenvalue weighted by molar-refractivity contribution is 7.90. The second-order valence-corrected chi connectivity index (χ2v) is 7.67. The summed E-state index contributed by atoms with van der Waals surface area (Å²) in [5, 5.41) is 0. The van der Waals surface area contributed by atoms with E-state index in [0.717, 1.165) is 31.2 Å². The van der Waals surface area contributed by atoms with Gasteiger partial charge in [-0.2, -0.15) is 12.7 Å². The van der Waals surface area contributed by atoms with Crippen molar-refractivity contribution in [2.45, 2.75) is 39.2 Å². The third-order valence-corrected chi connectivity index (χ3v) is 5.57. The van der Waals surface area contributed by atoms with Crippen LogP contribution in [0.15, 0.2) is 24.3 Å². The molecule has 1 N–H and O–H groups in total. The van der Waals surface area contributed by atoms with Crippen molar-refractivity contribution in [2.75, 3.05) is 24.9 Å². The maximum Gasteiger partial charge on any atom is 0.301 e. The molecule has 0 aromatic heterocycles. The highest BCUT2D eigenvalue weighted by Gasteiger charge is 2.22. The van der Waals surface area contributed by atoms with Crippen LogP contribution in [-0.4, -0.2) is 43.7 Å². The van der Waals surface area contributed by atoms with Crippen LogP contribution < -0.4 is 4.72 Å². The first-order valence-corrected chi connectivity index (χ1v) is 9.41. The molecule has 1 fully saturated rings. The zero-order valence-corrected chi connectivity index (χ0v) is 14.6. The van der Waals surface area contributed by atoms with E-state index in [1.807, 2.05) is 6.07 Å². The van der Waals surface area contributed by atoms with Crippen molar-refractivity contribution < 1.29 is 13.2 Å². The number of amides is 1. The largest absolute Gasteiger partial charge is 0.342 e. The summed E-state index contributed by atoms with van der Waals surface area (Å²) in [6, 6.07) is 7.17. The Morgan fingerprint density at radius 2 is 1.87 bits per heavy atom. The van der Waals surface area contributed by atoms with E-state index in [0.29, 0.717) is 25.3 Å². The van der Waals surface area contributed by atoms with E-state index in [-0.39, 0.29) is 5.91 Å². The first kappa shape index (κ1) is 17.7. The predicted octanol–water partition coefficient (Wildman–Crippen LogP) is 2.20. The quantitative estimate of drug-likeness (QED) is 0.894. The van der Waals surface area contributed by atoms with Gasteiger partial charge < -0.3 is 4.90 Å². The molecule has 0 unspecified atom stereocenters. The van der Waals surface area contributed by atoms with Gasteiger partial charge in [0.15, 0.2) is 0 Å². The Kier molecular flexibility index (Phi) is 6.01. The van der Waals surface area contributed by atoms with Gasteiger partial charge in [-0.1, -0.05) is 25.0 Å². The van der Waals surface area contributed by atoms with Crippen molar-refractivity contribution in [3.05, 3.63) is 29.8 Å². The second-order valence-electron chi connectivity index (χ2n) is 6.00. The molecule has 0 spiro atoms. The maximum absolute atomic E-state index is 12.5. The van der Waals surface area contributed by atoms with Crippen molar-refractivity contribution in [1.29, 1.82) is 0 Å². The Morgan fingerprint density at radius 1 is 1.22 bits per heavy atom. The summed E-state index contributed by atoms with van der Waals surface area (Å²) in [6.07, 6.45) is 3.98. The Balaban J connectivity index is 2.08. The molecule has 2 rings (SSSR count). The zero-order chi connectivity index (χ0) is 16.9. The topological polar surface area (TPSA) is 69.7 Å². The highest BCUT2D eigenvalue weighted by atomic mass is 32.2. The Morgan fingerprint density at radius 3 is 2.48 bits per heavy atom. The van der Waals surface area contributed by atoms with Crippen LogP contribution in [0.5, 0.6) is 0 Å². The molecule has 0 bridgehead atoms. The van der Waals surface area contributed by atoms with Crippen LogP contribution >= 0.6 is 0 Å². The van der Waals surface area contributed by atoms with Crippen LogP contribution in [0.2, 0.25) is 0 Å². The van der Waals surface area contributed by atoms with E-state index in [1.165, 1.54) is 11.2 Å². The minimum Gasteiger partial charge on any atom is -0.342 e. The van der Waals surface area contributed by atoms with Crippen LogP contribution in [0.3, 0.4) is 0 Å². The van der Waals surface area contributed by atoms with Crippen LogP contribution in [0.25, 0.3) is 0 Å². The third kappa shape index (κ3) is 5.21. The first-order valence-electron chi connectivity index (χ1n) is 7.97. The van der Waals surface area contributed by atoms with Gasteiger partial charge in [0.25, 0.3) is 0 Å². The van der Waals surface area contributed by atoms with Gasteiger partial charge in [-0.05, 0) is 30.5 Å². The Labute approximate surface area is 138 Å². The lowest BCUT2D eigenvalue weighted by Gasteiger charge is -2.21. The molecule has 0 atom stereocenters. The average molecular weight is 339 g/mol. The molecule has 1 amide bonds. The minimum absolute atomic E-state index is 0.0273. The molecule has 6 nitrogen and oxygen atoms in total. The predicted molar refractivity (Wildman–Crippen MR) is 91.2 cm³/mol. The van der Waals surface area contributed by atoms with Gasteiger partial charge in [0, 0.05) is 33.6 Å². The fourth-order valence-electron chi connectivity index (χ4n) is 2.61. The number of carbonyl (C=O) groups is 1. The van der Waals surface area contributed by atoms with Crippen molar-refractivity contribution in [2.24, 2.45) is 0 Å². The number of hydrogen-bond donors (Lipinski definition) is 1. The molecule has 1 aliphatic heterocycles. The summed E-state index contributed by atoms with van der Waals surface area (Å²) in [5.41, 5.74) is 1.42. The molecule has 7 heteroatoms. The zero-order valence-electron chi connectivity index (χ0n) is 13.8. The number of hydrogen-bond acceptors (Lipinski definition) is 3. The van der Waals surface area contributed by atoms with E-state index < -0.39 is 10.2 Å². The molecular formula is C16H25N3O3S. The van der Waals surface area contributed by atoms with E-state index in [1.54, 1.807) is 30.1 Å². The van der Waals surface area contributed by atoms with Crippen molar-refractivity contribution >= 4 is 21.8 Å². The summed E-state index contributed by atoms with van der Waals surface area (Å²) in [6.45, 7) is 3.10. The van der Waals surface area contributed by atoms with Crippen LogP contribution in [0, 0.1) is 0 Å². The lowest BCUT2D eigenvalue weighted by Crippen LogP contribution is -2.36. The molecule has 1 aromatic rings. The third-order valence-electron chi connectivity index (χ3n) is 4.04. The van der Waals surface area contributed by atoms with Crippen LogP contribution in [0.1, 0.15) is 38.2 Å². The summed E-state index contributed by atoms with van der Waals surface area (Å²) < 4.78 is 29.2. The second kappa shape index (κ2) is 7.79. The maximum atomic E-state index is 12.5. The Hall–Kier alpha value is -1.60. The number of anilines is 1. The molecule has 23 heavy (non-hydrogen) atoms. The van der Waals surface area contributed by atoms with Gasteiger partial charge in [-0.25, -0.2) is 0 Å². The van der Waals surface area contributed by atoms with Gasteiger partial charge in [0.1, 0.15) is 0 Å². The monoisotopic (exact) mass is 339 g/mol. The summed E-state index contributed by atoms with van der Waals surface area (Å²) in [4.78, 5) is 12.9. The fraction of sp³-hybridized carbons (Fsp3) is 0.562. The lowest BCUT2D eigenvalue weighted by atomic mass is 10.2. The number of carbonyl (C=O) groups excluding carboxylic acids is 1. The molecule has 1 saturated heterocycles. The number of benzene rings is 1. The van der Waals surface area contributed by atoms with E-state index in [4.69, 9.17) is 0 Å². The SMILES string of the molecule is CC(=O)N(C)Cc1cccc(NS(=O)(=O)N2CCCCCC2)c1. The first-order chi connectivity index (χ1) is 10.9. The van der Waals surface area contributed by atoms with Gasteiger partial charge >= 0.3 is 10.2 Å². The van der Waals surface area contributed by atoms with Gasteiger partial charge in [-0.15, -0.1) is 0 Å². The molecule has 1 aliphatic rings. The average Bonchev–Trinajstić information content (AvgIpc) is 2.76. The molecule has 0 radical (unpaired) electrons.